The molecule has 2 amide bonds. The number of anilines is 2. The highest BCUT2D eigenvalue weighted by atomic mass is 79.9. The molecule has 148 valence electrons. The summed E-state index contributed by atoms with van der Waals surface area (Å²) in [5.74, 6) is -0.828. The van der Waals surface area contributed by atoms with E-state index in [9.17, 15) is 18.0 Å². The molecule has 0 saturated carbocycles. The first-order valence-corrected chi connectivity index (χ1v) is 12.0. The van der Waals surface area contributed by atoms with Gasteiger partial charge in [0.05, 0.1) is 27.3 Å². The van der Waals surface area contributed by atoms with E-state index in [0.717, 1.165) is 9.37 Å². The van der Waals surface area contributed by atoms with Crippen LogP contribution in [-0.4, -0.2) is 31.2 Å². The number of amides is 2. The number of rotatable bonds is 6. The normalized spacial score (nSPS) is 16.2. The summed E-state index contributed by atoms with van der Waals surface area (Å²) in [4.78, 5) is 25.1. The highest BCUT2D eigenvalue weighted by Gasteiger charge is 2.27. The predicted octanol–water partition coefficient (Wildman–Crippen LogP) is 4.07. The molecule has 3 rings (SSSR count). The molecule has 1 heterocycles. The summed E-state index contributed by atoms with van der Waals surface area (Å²) in [6.45, 7) is 1.93. The topological polar surface area (TPSA) is 92.3 Å². The molecular weight excluding hydrogens is 464 g/mol. The van der Waals surface area contributed by atoms with E-state index in [1.54, 1.807) is 24.3 Å². The van der Waals surface area contributed by atoms with Gasteiger partial charge in [-0.2, -0.15) is 0 Å². The van der Waals surface area contributed by atoms with Gasteiger partial charge in [0.1, 0.15) is 0 Å². The summed E-state index contributed by atoms with van der Waals surface area (Å²) < 4.78 is 26.0. The van der Waals surface area contributed by atoms with Crippen molar-refractivity contribution in [3.63, 3.8) is 0 Å². The number of thioether (sulfide) groups is 1. The van der Waals surface area contributed by atoms with E-state index >= 15 is 0 Å². The van der Waals surface area contributed by atoms with Crippen LogP contribution in [0.1, 0.15) is 19.8 Å². The van der Waals surface area contributed by atoms with Gasteiger partial charge >= 0.3 is 0 Å². The Kier molecular flexibility index (Phi) is 6.47. The van der Waals surface area contributed by atoms with Crippen LogP contribution in [0.2, 0.25) is 0 Å². The van der Waals surface area contributed by atoms with Crippen molar-refractivity contribution in [3.8, 4) is 0 Å². The number of nitrogens with one attached hydrogen (secondary N) is 2. The van der Waals surface area contributed by atoms with E-state index in [-0.39, 0.29) is 34.1 Å². The number of halogens is 1. The molecule has 0 bridgehead atoms. The third-order valence-electron chi connectivity index (χ3n) is 4.25. The quantitative estimate of drug-likeness (QED) is 0.646. The molecule has 1 aliphatic rings. The van der Waals surface area contributed by atoms with E-state index in [0.29, 0.717) is 17.8 Å². The fraction of sp³-hybridized carbons (Fsp3) is 0.263. The Morgan fingerprint density at radius 2 is 2.00 bits per heavy atom. The number of hydrogen-bond acceptors (Lipinski definition) is 5. The molecule has 6 nitrogen and oxygen atoms in total. The van der Waals surface area contributed by atoms with Gasteiger partial charge in [-0.25, -0.2) is 8.42 Å². The molecule has 0 fully saturated rings. The Hall–Kier alpha value is -1.84. The fourth-order valence-corrected chi connectivity index (χ4v) is 5.38. The molecule has 0 unspecified atom stereocenters. The monoisotopic (exact) mass is 482 g/mol. The highest BCUT2D eigenvalue weighted by molar-refractivity contribution is 9.10. The molecule has 2 aromatic carbocycles. The van der Waals surface area contributed by atoms with Gasteiger partial charge in [0.25, 0.3) is 0 Å². The molecule has 0 aliphatic carbocycles. The summed E-state index contributed by atoms with van der Waals surface area (Å²) in [5, 5.41) is 5.29. The molecule has 1 atom stereocenters. The van der Waals surface area contributed by atoms with Crippen molar-refractivity contribution in [2.75, 3.05) is 16.4 Å². The third-order valence-corrected chi connectivity index (χ3v) is 8.09. The van der Waals surface area contributed by atoms with Crippen LogP contribution in [0.3, 0.4) is 0 Å². The number of carbonyl (C=O) groups excluding carboxylic acids is 2. The Bertz CT molecular complexity index is 1020. The molecule has 0 saturated heterocycles. The Morgan fingerprint density at radius 1 is 1.25 bits per heavy atom. The van der Waals surface area contributed by atoms with E-state index in [1.807, 2.05) is 13.0 Å². The van der Waals surface area contributed by atoms with Gasteiger partial charge in [0.15, 0.2) is 9.84 Å². The highest BCUT2D eigenvalue weighted by Crippen LogP contribution is 2.38. The van der Waals surface area contributed by atoms with Crippen molar-refractivity contribution >= 4 is 60.7 Å². The molecule has 2 N–H and O–H groups in total. The Balaban J connectivity index is 1.68. The molecule has 0 radical (unpaired) electrons. The lowest BCUT2D eigenvalue weighted by Gasteiger charge is -2.23. The maximum atomic E-state index is 12.6. The maximum absolute atomic E-state index is 12.6. The van der Waals surface area contributed by atoms with E-state index in [2.05, 4.69) is 26.6 Å². The van der Waals surface area contributed by atoms with Crippen LogP contribution in [0.25, 0.3) is 0 Å². The molecule has 0 aromatic heterocycles. The Morgan fingerprint density at radius 3 is 2.71 bits per heavy atom. The van der Waals surface area contributed by atoms with E-state index in [1.165, 1.54) is 23.9 Å². The predicted molar refractivity (Wildman–Crippen MR) is 114 cm³/mol. The van der Waals surface area contributed by atoms with Crippen LogP contribution in [0.5, 0.6) is 0 Å². The standard InChI is InChI=1S/C19H19BrN2O4S2/c1-2-16-19(24)22-15-11-12(7-8-17(15)27-16)28(25,26)10-9-18(23)21-14-6-4-3-5-13(14)20/h3-8,11,16H,2,9-10H2,1H3,(H,21,23)(H,22,24)/t16-/m0/s1. The average molecular weight is 483 g/mol. The van der Waals surface area contributed by atoms with Gasteiger partial charge in [-0.3, -0.25) is 9.59 Å². The summed E-state index contributed by atoms with van der Waals surface area (Å²) in [6, 6.07) is 11.8. The zero-order valence-corrected chi connectivity index (χ0v) is 18.3. The molecule has 28 heavy (non-hydrogen) atoms. The minimum atomic E-state index is -3.66. The van der Waals surface area contributed by atoms with Gasteiger partial charge in [-0.1, -0.05) is 19.1 Å². The van der Waals surface area contributed by atoms with Crippen LogP contribution < -0.4 is 10.6 Å². The minimum absolute atomic E-state index is 0.0933. The number of sulfone groups is 1. The number of fused-ring (bicyclic) bond motifs is 1. The third kappa shape index (κ3) is 4.76. The summed E-state index contributed by atoms with van der Waals surface area (Å²) in [6.07, 6.45) is 0.530. The molecular formula is C19H19BrN2O4S2. The van der Waals surface area contributed by atoms with Gasteiger partial charge in [-0.05, 0) is 52.7 Å². The lowest BCUT2D eigenvalue weighted by atomic mass is 10.2. The van der Waals surface area contributed by atoms with Crippen LogP contribution >= 0.6 is 27.7 Å². The number of benzene rings is 2. The first kappa shape index (κ1) is 20.9. The molecule has 1 aliphatic heterocycles. The van der Waals surface area contributed by atoms with E-state index in [4.69, 9.17) is 0 Å². The lowest BCUT2D eigenvalue weighted by Crippen LogP contribution is -2.28. The first-order chi connectivity index (χ1) is 13.3. The van der Waals surface area contributed by atoms with Crippen LogP contribution in [0, 0.1) is 0 Å². The zero-order valence-electron chi connectivity index (χ0n) is 15.1. The lowest BCUT2D eigenvalue weighted by molar-refractivity contribution is -0.116. The van der Waals surface area contributed by atoms with Gasteiger partial charge < -0.3 is 10.6 Å². The van der Waals surface area contributed by atoms with Gasteiger partial charge in [0, 0.05) is 15.8 Å². The second-order valence-electron chi connectivity index (χ2n) is 6.26. The van der Waals surface area contributed by atoms with Gasteiger partial charge in [0.2, 0.25) is 11.8 Å². The summed E-state index contributed by atoms with van der Waals surface area (Å²) in [7, 11) is -3.66. The van der Waals surface area contributed by atoms with Crippen molar-refractivity contribution in [1.29, 1.82) is 0 Å². The van der Waals surface area contributed by atoms with Gasteiger partial charge in [-0.15, -0.1) is 11.8 Å². The van der Waals surface area contributed by atoms with Crippen molar-refractivity contribution in [3.05, 3.63) is 46.9 Å². The van der Waals surface area contributed by atoms with Crippen molar-refractivity contribution in [2.45, 2.75) is 34.8 Å². The second-order valence-corrected chi connectivity index (χ2v) is 10.5. The first-order valence-electron chi connectivity index (χ1n) is 8.69. The number of para-hydroxylation sites is 1. The second kappa shape index (κ2) is 8.67. The summed E-state index contributed by atoms with van der Waals surface area (Å²) >= 11 is 4.76. The largest absolute Gasteiger partial charge is 0.325 e. The van der Waals surface area contributed by atoms with Crippen LogP contribution in [0.15, 0.2) is 56.7 Å². The maximum Gasteiger partial charge on any atom is 0.237 e. The molecule has 9 heteroatoms. The van der Waals surface area contributed by atoms with Crippen molar-refractivity contribution in [1.82, 2.24) is 0 Å². The van der Waals surface area contributed by atoms with Crippen molar-refractivity contribution in [2.24, 2.45) is 0 Å². The summed E-state index contributed by atoms with van der Waals surface area (Å²) in [5.41, 5.74) is 1.09. The van der Waals surface area contributed by atoms with E-state index < -0.39 is 9.84 Å². The van der Waals surface area contributed by atoms with Crippen LogP contribution in [0.4, 0.5) is 11.4 Å². The number of hydrogen-bond donors (Lipinski definition) is 2. The molecule has 2 aromatic rings. The average Bonchev–Trinajstić information content (AvgIpc) is 2.67. The fourth-order valence-electron chi connectivity index (χ4n) is 2.71. The molecule has 0 spiro atoms. The van der Waals surface area contributed by atoms with Crippen molar-refractivity contribution < 1.29 is 18.0 Å². The number of carbonyl (C=O) groups is 2. The SMILES string of the molecule is CC[C@@H]1Sc2ccc(S(=O)(=O)CCC(=O)Nc3ccccc3Br)cc2NC1=O. The van der Waals surface area contributed by atoms with Crippen LogP contribution in [-0.2, 0) is 19.4 Å². The Labute approximate surface area is 176 Å². The smallest absolute Gasteiger partial charge is 0.237 e. The minimum Gasteiger partial charge on any atom is -0.325 e. The zero-order chi connectivity index (χ0) is 20.3.